The molecule has 0 aliphatic carbocycles. The Morgan fingerprint density at radius 3 is 2.68 bits per heavy atom. The van der Waals surface area contributed by atoms with Crippen molar-refractivity contribution in [1.29, 1.82) is 0 Å². The molecule has 148 valence electrons. The Morgan fingerprint density at radius 1 is 1.21 bits per heavy atom. The van der Waals surface area contributed by atoms with Crippen molar-refractivity contribution in [3.8, 4) is 5.75 Å². The second kappa shape index (κ2) is 12.0. The van der Waals surface area contributed by atoms with Crippen LogP contribution in [0.5, 0.6) is 5.75 Å². The third-order valence-electron chi connectivity index (χ3n) is 3.86. The smallest absolute Gasteiger partial charge is 0.305 e. The van der Waals surface area contributed by atoms with Crippen LogP contribution in [-0.4, -0.2) is 24.2 Å². The lowest BCUT2D eigenvalue weighted by Gasteiger charge is -2.08. The number of carbonyl (C=O) groups is 1. The third-order valence-corrected chi connectivity index (χ3v) is 4.91. The molecule has 4 nitrogen and oxygen atoms in total. The van der Waals surface area contributed by atoms with Crippen molar-refractivity contribution in [2.45, 2.75) is 37.3 Å². The SMILES string of the molecule is C=Cc1nc(CSc2ccc(OCCCC(=O)OCC)cc2)ccc1/C=C\C. The first-order valence-corrected chi connectivity index (χ1v) is 10.4. The van der Waals surface area contributed by atoms with E-state index in [0.29, 0.717) is 26.1 Å². The molecule has 2 aromatic rings. The van der Waals surface area contributed by atoms with Gasteiger partial charge in [-0.2, -0.15) is 0 Å². The number of rotatable bonds is 11. The Balaban J connectivity index is 1.81. The first kappa shape index (κ1) is 21.8. The lowest BCUT2D eigenvalue weighted by atomic mass is 10.1. The van der Waals surface area contributed by atoms with Gasteiger partial charge in [0, 0.05) is 17.1 Å². The standard InChI is InChI=1S/C23H27NO3S/c1-4-8-18-10-11-19(24-22(18)5-2)17-28-21-14-12-20(13-15-21)27-16-7-9-23(25)26-6-3/h4-5,8,10-15H,2,6-7,9,16-17H2,1,3H3/b8-4-. The number of hydrogen-bond donors (Lipinski definition) is 0. The summed E-state index contributed by atoms with van der Waals surface area (Å²) in [6.07, 6.45) is 6.85. The van der Waals surface area contributed by atoms with E-state index in [4.69, 9.17) is 9.47 Å². The van der Waals surface area contributed by atoms with Crippen LogP contribution in [0.4, 0.5) is 0 Å². The fraction of sp³-hybridized carbons (Fsp3) is 0.304. The molecule has 1 aromatic carbocycles. The zero-order valence-electron chi connectivity index (χ0n) is 16.5. The van der Waals surface area contributed by atoms with E-state index in [1.807, 2.05) is 43.3 Å². The summed E-state index contributed by atoms with van der Waals surface area (Å²) in [4.78, 5) is 17.1. The van der Waals surface area contributed by atoms with Gasteiger partial charge in [-0.15, -0.1) is 11.8 Å². The first-order valence-electron chi connectivity index (χ1n) is 9.42. The molecule has 1 aromatic heterocycles. The monoisotopic (exact) mass is 397 g/mol. The number of esters is 1. The highest BCUT2D eigenvalue weighted by Gasteiger charge is 2.04. The molecular formula is C23H27NO3S. The molecule has 0 saturated heterocycles. The minimum atomic E-state index is -0.176. The second-order valence-corrected chi connectivity index (χ2v) is 7.05. The number of benzene rings is 1. The Bertz CT molecular complexity index is 800. The van der Waals surface area contributed by atoms with Crippen LogP contribution in [0.1, 0.15) is 43.6 Å². The summed E-state index contributed by atoms with van der Waals surface area (Å²) in [6, 6.07) is 12.1. The Labute approximate surface area is 171 Å². The van der Waals surface area contributed by atoms with E-state index in [1.54, 1.807) is 24.8 Å². The largest absolute Gasteiger partial charge is 0.494 e. The van der Waals surface area contributed by atoms with E-state index in [1.165, 1.54) is 0 Å². The average molecular weight is 398 g/mol. The van der Waals surface area contributed by atoms with Crippen molar-refractivity contribution >= 4 is 29.9 Å². The van der Waals surface area contributed by atoms with Crippen molar-refractivity contribution in [2.24, 2.45) is 0 Å². The van der Waals surface area contributed by atoms with E-state index in [9.17, 15) is 4.79 Å². The van der Waals surface area contributed by atoms with E-state index in [2.05, 4.69) is 23.7 Å². The lowest BCUT2D eigenvalue weighted by Crippen LogP contribution is -2.06. The fourth-order valence-electron chi connectivity index (χ4n) is 2.52. The van der Waals surface area contributed by atoms with Crippen molar-refractivity contribution in [2.75, 3.05) is 13.2 Å². The summed E-state index contributed by atoms with van der Waals surface area (Å²) >= 11 is 1.73. The van der Waals surface area contributed by atoms with Crippen LogP contribution in [0.25, 0.3) is 12.2 Å². The molecule has 5 heteroatoms. The van der Waals surface area contributed by atoms with Crippen LogP contribution in [0, 0.1) is 0 Å². The second-order valence-electron chi connectivity index (χ2n) is 6.00. The molecule has 0 spiro atoms. The molecule has 0 radical (unpaired) electrons. The highest BCUT2D eigenvalue weighted by Crippen LogP contribution is 2.25. The Morgan fingerprint density at radius 2 is 2.00 bits per heavy atom. The van der Waals surface area contributed by atoms with Crippen molar-refractivity contribution in [3.05, 3.63) is 66.0 Å². The zero-order chi connectivity index (χ0) is 20.2. The molecule has 2 rings (SSSR count). The third kappa shape index (κ3) is 7.24. The van der Waals surface area contributed by atoms with Crippen LogP contribution in [0.3, 0.4) is 0 Å². The number of hydrogen-bond acceptors (Lipinski definition) is 5. The molecular weight excluding hydrogens is 370 g/mol. The highest BCUT2D eigenvalue weighted by molar-refractivity contribution is 7.98. The van der Waals surface area contributed by atoms with Gasteiger partial charge in [0.05, 0.1) is 24.6 Å². The average Bonchev–Trinajstić information content (AvgIpc) is 2.71. The number of allylic oxidation sites excluding steroid dienone is 1. The van der Waals surface area contributed by atoms with Gasteiger partial charge in [-0.1, -0.05) is 24.8 Å². The van der Waals surface area contributed by atoms with Crippen LogP contribution in [0.2, 0.25) is 0 Å². The maximum Gasteiger partial charge on any atom is 0.305 e. The number of aromatic nitrogens is 1. The van der Waals surface area contributed by atoms with Crippen LogP contribution >= 0.6 is 11.8 Å². The Kier molecular flexibility index (Phi) is 9.35. The van der Waals surface area contributed by atoms with Crippen molar-refractivity contribution < 1.29 is 14.3 Å². The number of carbonyl (C=O) groups excluding carboxylic acids is 1. The highest BCUT2D eigenvalue weighted by atomic mass is 32.2. The van der Waals surface area contributed by atoms with Gasteiger partial charge < -0.3 is 9.47 Å². The predicted octanol–water partition coefficient (Wildman–Crippen LogP) is 5.77. The van der Waals surface area contributed by atoms with Gasteiger partial charge in [-0.3, -0.25) is 9.78 Å². The van der Waals surface area contributed by atoms with Gasteiger partial charge >= 0.3 is 5.97 Å². The van der Waals surface area contributed by atoms with Crippen LogP contribution in [0.15, 0.2) is 53.9 Å². The summed E-state index contributed by atoms with van der Waals surface area (Å²) in [5.74, 6) is 1.41. The summed E-state index contributed by atoms with van der Waals surface area (Å²) < 4.78 is 10.6. The maximum absolute atomic E-state index is 11.3. The molecule has 0 aliphatic heterocycles. The minimum Gasteiger partial charge on any atom is -0.494 e. The molecule has 0 saturated carbocycles. The van der Waals surface area contributed by atoms with Crippen molar-refractivity contribution in [3.63, 3.8) is 0 Å². The van der Waals surface area contributed by atoms with Gasteiger partial charge in [0.15, 0.2) is 0 Å². The first-order chi connectivity index (χ1) is 13.7. The van der Waals surface area contributed by atoms with Gasteiger partial charge in [0.2, 0.25) is 0 Å². The van der Waals surface area contributed by atoms with Crippen molar-refractivity contribution in [1.82, 2.24) is 4.98 Å². The maximum atomic E-state index is 11.3. The summed E-state index contributed by atoms with van der Waals surface area (Å²) in [5.41, 5.74) is 3.01. The molecule has 0 N–H and O–H groups in total. The van der Waals surface area contributed by atoms with Crippen LogP contribution in [-0.2, 0) is 15.3 Å². The number of thioether (sulfide) groups is 1. The van der Waals surface area contributed by atoms with E-state index in [0.717, 1.165) is 33.3 Å². The number of pyridine rings is 1. The Hall–Kier alpha value is -2.53. The molecule has 0 atom stereocenters. The van der Waals surface area contributed by atoms with Gasteiger partial charge in [-0.25, -0.2) is 0 Å². The molecule has 0 amide bonds. The van der Waals surface area contributed by atoms with Gasteiger partial charge in [-0.05, 0) is 62.2 Å². The van der Waals surface area contributed by atoms with Crippen LogP contribution < -0.4 is 4.74 Å². The predicted molar refractivity (Wildman–Crippen MR) is 116 cm³/mol. The fourth-order valence-corrected chi connectivity index (χ4v) is 3.33. The van der Waals surface area contributed by atoms with Gasteiger partial charge in [0.1, 0.15) is 5.75 Å². The zero-order valence-corrected chi connectivity index (χ0v) is 17.3. The topological polar surface area (TPSA) is 48.4 Å². The normalized spacial score (nSPS) is 10.8. The minimum absolute atomic E-state index is 0.176. The number of ether oxygens (including phenoxy) is 2. The molecule has 0 unspecified atom stereocenters. The summed E-state index contributed by atoms with van der Waals surface area (Å²) in [6.45, 7) is 8.56. The quantitative estimate of drug-likeness (QED) is 0.274. The van der Waals surface area contributed by atoms with Gasteiger partial charge in [0.25, 0.3) is 0 Å². The molecule has 0 fully saturated rings. The van der Waals surface area contributed by atoms with E-state index >= 15 is 0 Å². The molecule has 1 heterocycles. The summed E-state index contributed by atoms with van der Waals surface area (Å²) in [7, 11) is 0. The molecule has 0 aliphatic rings. The van der Waals surface area contributed by atoms with E-state index < -0.39 is 0 Å². The molecule has 28 heavy (non-hydrogen) atoms. The number of nitrogens with zero attached hydrogens (tertiary/aromatic N) is 1. The summed E-state index contributed by atoms with van der Waals surface area (Å²) in [5, 5.41) is 0. The lowest BCUT2D eigenvalue weighted by molar-refractivity contribution is -0.143. The molecule has 0 bridgehead atoms. The van der Waals surface area contributed by atoms with E-state index in [-0.39, 0.29) is 5.97 Å².